The van der Waals surface area contributed by atoms with E-state index < -0.39 is 0 Å². The molecule has 0 aliphatic carbocycles. The van der Waals surface area contributed by atoms with Crippen LogP contribution >= 0.6 is 0 Å². The summed E-state index contributed by atoms with van der Waals surface area (Å²) in [5.41, 5.74) is 3.66. The molecule has 0 radical (unpaired) electrons. The first-order valence-electron chi connectivity index (χ1n) is 9.80. The molecule has 5 heteroatoms. The highest BCUT2D eigenvalue weighted by molar-refractivity contribution is 6.06. The molecule has 2 N–H and O–H groups in total. The molecule has 144 valence electrons. The highest BCUT2D eigenvalue weighted by atomic mass is 16.1. The van der Waals surface area contributed by atoms with E-state index in [2.05, 4.69) is 48.6 Å². The van der Waals surface area contributed by atoms with Gasteiger partial charge in [-0.2, -0.15) is 0 Å². The van der Waals surface area contributed by atoms with Crippen molar-refractivity contribution in [3.63, 3.8) is 0 Å². The van der Waals surface area contributed by atoms with Gasteiger partial charge in [-0.15, -0.1) is 0 Å². The predicted molar refractivity (Wildman–Crippen MR) is 113 cm³/mol. The van der Waals surface area contributed by atoms with Crippen LogP contribution in [0.1, 0.15) is 56.0 Å². The number of hydrogen-bond acceptors (Lipinski definition) is 2. The number of benzene rings is 2. The van der Waals surface area contributed by atoms with Gasteiger partial charge in [-0.3, -0.25) is 4.79 Å². The number of fused-ring (bicyclic) bond motifs is 2. The fourth-order valence-corrected chi connectivity index (χ4v) is 3.73. The lowest BCUT2D eigenvalue weighted by atomic mass is 10.0. The maximum Gasteiger partial charge on any atom is 0.252 e. The third kappa shape index (κ3) is 3.17. The summed E-state index contributed by atoms with van der Waals surface area (Å²) in [7, 11) is 0. The van der Waals surface area contributed by atoms with Crippen LogP contribution in [0.2, 0.25) is 0 Å². The van der Waals surface area contributed by atoms with Crippen LogP contribution in [0, 0.1) is 5.92 Å². The normalized spacial score (nSPS) is 12.9. The number of para-hydroxylation sites is 2. The van der Waals surface area contributed by atoms with Crippen LogP contribution in [0.3, 0.4) is 0 Å². The molecule has 28 heavy (non-hydrogen) atoms. The highest BCUT2D eigenvalue weighted by Crippen LogP contribution is 2.26. The molecule has 5 nitrogen and oxygen atoms in total. The molecule has 0 saturated heterocycles. The summed E-state index contributed by atoms with van der Waals surface area (Å²) in [6, 6.07) is 16.0. The van der Waals surface area contributed by atoms with Crippen molar-refractivity contribution < 1.29 is 4.79 Å². The number of H-pyrrole nitrogens is 1. The monoisotopic (exact) mass is 374 g/mol. The molecule has 2 aromatic heterocycles. The zero-order valence-corrected chi connectivity index (χ0v) is 16.7. The summed E-state index contributed by atoms with van der Waals surface area (Å²) >= 11 is 0. The largest absolute Gasteiger partial charge is 0.345 e. The predicted octanol–water partition coefficient (Wildman–Crippen LogP) is 5.23. The Kier molecular flexibility index (Phi) is 4.67. The minimum atomic E-state index is -0.192. The van der Waals surface area contributed by atoms with Crippen molar-refractivity contribution in [2.24, 2.45) is 5.92 Å². The van der Waals surface area contributed by atoms with Crippen LogP contribution in [0.4, 0.5) is 0 Å². The highest BCUT2D eigenvalue weighted by Gasteiger charge is 2.23. The first-order chi connectivity index (χ1) is 13.5. The molecule has 1 atom stereocenters. The van der Waals surface area contributed by atoms with Crippen molar-refractivity contribution in [3.8, 4) is 0 Å². The molecule has 4 rings (SSSR count). The Morgan fingerprint density at radius 3 is 2.54 bits per heavy atom. The average molecular weight is 374 g/mol. The van der Waals surface area contributed by atoms with Crippen molar-refractivity contribution in [1.29, 1.82) is 0 Å². The summed E-state index contributed by atoms with van der Waals surface area (Å²) in [6.07, 6.45) is 2.05. The van der Waals surface area contributed by atoms with E-state index in [1.165, 1.54) is 0 Å². The van der Waals surface area contributed by atoms with Crippen molar-refractivity contribution in [2.75, 3.05) is 0 Å². The van der Waals surface area contributed by atoms with Gasteiger partial charge in [0, 0.05) is 28.7 Å². The summed E-state index contributed by atoms with van der Waals surface area (Å²) in [5.74, 6) is 0.909. The van der Waals surface area contributed by atoms with Crippen molar-refractivity contribution >= 4 is 27.8 Å². The summed E-state index contributed by atoms with van der Waals surface area (Å²) < 4.78 is 2.19. The molecular formula is C23H26N4O. The summed E-state index contributed by atoms with van der Waals surface area (Å²) in [5, 5.41) is 4.17. The van der Waals surface area contributed by atoms with Gasteiger partial charge in [0.25, 0.3) is 5.91 Å². The lowest BCUT2D eigenvalue weighted by Gasteiger charge is -2.20. The Bertz CT molecular complexity index is 1100. The summed E-state index contributed by atoms with van der Waals surface area (Å²) in [4.78, 5) is 21.2. The number of carbonyl (C=O) groups excluding carboxylic acids is 1. The standard InChI is InChI=1S/C23H26N4O/c1-14(2)21(22-24-18-9-5-6-10-19(18)25-22)26-23(28)17-8-7-11-20-16(17)12-13-27(20)15(3)4/h5-15,21H,1-4H3,(H,24,25)(H,26,28)/t21-/m0/s1. The van der Waals surface area contributed by atoms with Crippen molar-refractivity contribution in [1.82, 2.24) is 19.9 Å². The second-order valence-electron chi connectivity index (χ2n) is 7.89. The van der Waals surface area contributed by atoms with E-state index in [9.17, 15) is 4.79 Å². The van der Waals surface area contributed by atoms with Gasteiger partial charge in [-0.25, -0.2) is 4.98 Å². The number of carbonyl (C=O) groups is 1. The Hall–Kier alpha value is -3.08. The van der Waals surface area contributed by atoms with E-state index in [4.69, 9.17) is 4.98 Å². The van der Waals surface area contributed by atoms with Crippen LogP contribution in [-0.4, -0.2) is 20.4 Å². The molecule has 0 saturated carbocycles. The van der Waals surface area contributed by atoms with Gasteiger partial charge in [0.15, 0.2) is 0 Å². The number of amides is 1. The number of imidazole rings is 1. The van der Waals surface area contributed by atoms with E-state index in [0.717, 1.165) is 27.8 Å². The molecule has 2 heterocycles. The molecule has 0 spiro atoms. The number of hydrogen-bond donors (Lipinski definition) is 2. The van der Waals surface area contributed by atoms with E-state index >= 15 is 0 Å². The fraction of sp³-hybridized carbons (Fsp3) is 0.304. The van der Waals surface area contributed by atoms with E-state index in [1.807, 2.05) is 48.7 Å². The molecule has 0 bridgehead atoms. The molecule has 0 aliphatic heterocycles. The van der Waals surface area contributed by atoms with Crippen molar-refractivity contribution in [3.05, 3.63) is 66.1 Å². The molecule has 2 aromatic carbocycles. The molecular weight excluding hydrogens is 348 g/mol. The van der Waals surface area contributed by atoms with Crippen LogP contribution < -0.4 is 5.32 Å². The maximum atomic E-state index is 13.2. The smallest absolute Gasteiger partial charge is 0.252 e. The lowest BCUT2D eigenvalue weighted by Crippen LogP contribution is -2.32. The number of aromatic nitrogens is 3. The first kappa shape index (κ1) is 18.3. The third-order valence-electron chi connectivity index (χ3n) is 5.22. The average Bonchev–Trinajstić information content (AvgIpc) is 3.29. The second kappa shape index (κ2) is 7.15. The van der Waals surface area contributed by atoms with Crippen LogP contribution in [0.15, 0.2) is 54.7 Å². The minimum Gasteiger partial charge on any atom is -0.345 e. The van der Waals surface area contributed by atoms with E-state index in [-0.39, 0.29) is 17.9 Å². The number of aromatic amines is 1. The van der Waals surface area contributed by atoms with E-state index in [0.29, 0.717) is 11.6 Å². The molecule has 0 fully saturated rings. The Labute approximate surface area is 164 Å². The Balaban J connectivity index is 1.68. The molecule has 0 aliphatic rings. The van der Waals surface area contributed by atoms with Gasteiger partial charge in [0.05, 0.1) is 17.1 Å². The van der Waals surface area contributed by atoms with Crippen LogP contribution in [-0.2, 0) is 0 Å². The number of nitrogens with zero attached hydrogens (tertiary/aromatic N) is 2. The number of nitrogens with one attached hydrogen (secondary N) is 2. The lowest BCUT2D eigenvalue weighted by molar-refractivity contribution is 0.0925. The third-order valence-corrected chi connectivity index (χ3v) is 5.22. The van der Waals surface area contributed by atoms with Crippen molar-refractivity contribution in [2.45, 2.75) is 39.8 Å². The zero-order valence-electron chi connectivity index (χ0n) is 16.7. The zero-order chi connectivity index (χ0) is 19.8. The fourth-order valence-electron chi connectivity index (χ4n) is 3.73. The van der Waals surface area contributed by atoms with Gasteiger partial charge >= 0.3 is 0 Å². The van der Waals surface area contributed by atoms with Crippen LogP contribution in [0.5, 0.6) is 0 Å². The number of rotatable bonds is 5. The Morgan fingerprint density at radius 2 is 1.82 bits per heavy atom. The molecule has 4 aromatic rings. The maximum absolute atomic E-state index is 13.2. The van der Waals surface area contributed by atoms with Gasteiger partial charge in [-0.05, 0) is 50.1 Å². The summed E-state index contributed by atoms with van der Waals surface area (Å²) in [6.45, 7) is 8.47. The second-order valence-corrected chi connectivity index (χ2v) is 7.89. The minimum absolute atomic E-state index is 0.0775. The topological polar surface area (TPSA) is 62.7 Å². The first-order valence-corrected chi connectivity index (χ1v) is 9.80. The van der Waals surface area contributed by atoms with Crippen LogP contribution in [0.25, 0.3) is 21.9 Å². The van der Waals surface area contributed by atoms with E-state index in [1.54, 1.807) is 0 Å². The molecule has 0 unspecified atom stereocenters. The van der Waals surface area contributed by atoms with Gasteiger partial charge in [-0.1, -0.05) is 32.0 Å². The Morgan fingerprint density at radius 1 is 1.04 bits per heavy atom. The van der Waals surface area contributed by atoms with Gasteiger partial charge < -0.3 is 14.9 Å². The SMILES string of the molecule is CC(C)[C@H](NC(=O)c1cccc2c1ccn2C(C)C)c1nc2ccccc2[nH]1. The van der Waals surface area contributed by atoms with Gasteiger partial charge in [0.1, 0.15) is 5.82 Å². The van der Waals surface area contributed by atoms with Gasteiger partial charge in [0.2, 0.25) is 0 Å². The quantitative estimate of drug-likeness (QED) is 0.503. The molecule has 1 amide bonds.